The first-order valence-electron chi connectivity index (χ1n) is 12.7. The van der Waals surface area contributed by atoms with E-state index in [4.69, 9.17) is 26.7 Å². The fourth-order valence-corrected chi connectivity index (χ4v) is 6.29. The number of aromatic nitrogens is 2. The lowest BCUT2D eigenvalue weighted by Crippen LogP contribution is -2.39. The van der Waals surface area contributed by atoms with Crippen molar-refractivity contribution in [3.8, 4) is 0 Å². The van der Waals surface area contributed by atoms with E-state index in [2.05, 4.69) is 0 Å². The Morgan fingerprint density at radius 3 is 2.78 bits per heavy atom. The van der Waals surface area contributed by atoms with Crippen molar-refractivity contribution in [1.82, 2.24) is 14.3 Å². The first-order chi connectivity index (χ1) is 17.9. The molecule has 2 aromatic rings. The number of pyridine rings is 1. The Labute approximate surface area is 224 Å². The van der Waals surface area contributed by atoms with Gasteiger partial charge in [-0.3, -0.25) is 23.7 Å². The largest absolute Gasteiger partial charge is 0.466 e. The molecule has 0 N–H and O–H groups in total. The molecular weight excluding hydrogens is 512 g/mol. The van der Waals surface area contributed by atoms with Crippen LogP contribution < -0.4 is 10.5 Å². The van der Waals surface area contributed by atoms with Gasteiger partial charge < -0.3 is 14.4 Å². The maximum absolute atomic E-state index is 13.7. The summed E-state index contributed by atoms with van der Waals surface area (Å²) >= 11 is 6.71. The number of ether oxygens (including phenoxy) is 2. The van der Waals surface area contributed by atoms with E-state index < -0.39 is 0 Å². The third-order valence-corrected chi connectivity index (χ3v) is 8.42. The fourth-order valence-electron chi connectivity index (χ4n) is 5.04. The van der Waals surface area contributed by atoms with E-state index in [-0.39, 0.29) is 29.5 Å². The Morgan fingerprint density at radius 1 is 1.30 bits per heavy atom. The van der Waals surface area contributed by atoms with Crippen molar-refractivity contribution in [3.05, 3.63) is 44.7 Å². The Balaban J connectivity index is 1.50. The molecule has 11 heteroatoms. The molecule has 3 aliphatic rings. The molecule has 196 valence electrons. The number of thiocarbonyl (C=S) groups is 1. The van der Waals surface area contributed by atoms with E-state index >= 15 is 0 Å². The molecule has 37 heavy (non-hydrogen) atoms. The van der Waals surface area contributed by atoms with Gasteiger partial charge in [0.2, 0.25) is 0 Å². The van der Waals surface area contributed by atoms with Crippen molar-refractivity contribution in [2.45, 2.75) is 45.6 Å². The third-order valence-electron chi connectivity index (χ3n) is 7.04. The van der Waals surface area contributed by atoms with Gasteiger partial charge in [0.15, 0.2) is 0 Å². The molecule has 0 aromatic carbocycles. The average Bonchev–Trinajstić information content (AvgIpc) is 3.50. The van der Waals surface area contributed by atoms with E-state index in [0.29, 0.717) is 71.9 Å². The SMILES string of the molecule is CCOC(=O)C1CCN(c2nc3c(C)cccn3c(=O)c2/C=C2\SC(=S)N(C[C@@H]3CCCO3)C2=O)CC1. The van der Waals surface area contributed by atoms with Crippen LogP contribution in [0.1, 0.15) is 43.7 Å². The summed E-state index contributed by atoms with van der Waals surface area (Å²) in [6.07, 6.45) is 6.39. The van der Waals surface area contributed by atoms with Crippen LogP contribution in [0.2, 0.25) is 0 Å². The maximum Gasteiger partial charge on any atom is 0.309 e. The quantitative estimate of drug-likeness (QED) is 0.310. The third kappa shape index (κ3) is 5.17. The molecule has 3 fully saturated rings. The minimum absolute atomic E-state index is 0.0194. The summed E-state index contributed by atoms with van der Waals surface area (Å²) in [5.41, 5.74) is 1.53. The average molecular weight is 543 g/mol. The number of nitrogens with zero attached hydrogens (tertiary/aromatic N) is 4. The number of carbonyl (C=O) groups is 2. The summed E-state index contributed by atoms with van der Waals surface area (Å²) in [4.78, 5) is 48.2. The maximum atomic E-state index is 13.7. The Kier molecular flexibility index (Phi) is 7.64. The van der Waals surface area contributed by atoms with Gasteiger partial charge in [-0.1, -0.05) is 30.0 Å². The Bertz CT molecular complexity index is 1330. The number of hydrogen-bond acceptors (Lipinski definition) is 9. The highest BCUT2D eigenvalue weighted by Crippen LogP contribution is 2.35. The lowest BCUT2D eigenvalue weighted by molar-refractivity contribution is -0.148. The number of fused-ring (bicyclic) bond motifs is 1. The minimum Gasteiger partial charge on any atom is -0.466 e. The summed E-state index contributed by atoms with van der Waals surface area (Å²) in [6, 6.07) is 3.72. The molecule has 0 unspecified atom stereocenters. The highest BCUT2D eigenvalue weighted by Gasteiger charge is 2.36. The number of hydrogen-bond donors (Lipinski definition) is 0. The predicted octanol–water partition coefficient (Wildman–Crippen LogP) is 3.16. The number of piperidine rings is 1. The van der Waals surface area contributed by atoms with Crippen LogP contribution in [0.5, 0.6) is 0 Å². The lowest BCUT2D eigenvalue weighted by Gasteiger charge is -2.32. The second kappa shape index (κ2) is 10.9. The zero-order valence-electron chi connectivity index (χ0n) is 21.0. The number of esters is 1. The summed E-state index contributed by atoms with van der Waals surface area (Å²) < 4.78 is 12.9. The number of anilines is 1. The van der Waals surface area contributed by atoms with E-state index in [1.165, 1.54) is 16.2 Å². The van der Waals surface area contributed by atoms with Crippen LogP contribution in [0.4, 0.5) is 5.82 Å². The smallest absolute Gasteiger partial charge is 0.309 e. The number of carbonyl (C=O) groups excluding carboxylic acids is 2. The van der Waals surface area contributed by atoms with Gasteiger partial charge in [-0.15, -0.1) is 0 Å². The van der Waals surface area contributed by atoms with Crippen LogP contribution in [0.25, 0.3) is 11.7 Å². The van der Waals surface area contributed by atoms with Crippen molar-refractivity contribution in [2.75, 3.05) is 37.7 Å². The van der Waals surface area contributed by atoms with Crippen LogP contribution in [-0.2, 0) is 19.1 Å². The molecule has 2 aromatic heterocycles. The van der Waals surface area contributed by atoms with Gasteiger partial charge in [-0.25, -0.2) is 4.98 Å². The highest BCUT2D eigenvalue weighted by atomic mass is 32.2. The molecule has 1 atom stereocenters. The molecule has 0 spiro atoms. The van der Waals surface area contributed by atoms with Crippen LogP contribution in [0, 0.1) is 12.8 Å². The molecule has 5 heterocycles. The molecular formula is C26H30N4O5S2. The van der Waals surface area contributed by atoms with E-state index in [1.54, 1.807) is 30.2 Å². The molecule has 0 saturated carbocycles. The van der Waals surface area contributed by atoms with E-state index in [0.717, 1.165) is 18.4 Å². The van der Waals surface area contributed by atoms with Crippen LogP contribution in [0.15, 0.2) is 28.0 Å². The lowest BCUT2D eigenvalue weighted by atomic mass is 9.96. The van der Waals surface area contributed by atoms with Gasteiger partial charge in [0.05, 0.1) is 35.6 Å². The molecule has 0 aliphatic carbocycles. The number of thioether (sulfide) groups is 1. The van der Waals surface area contributed by atoms with Gasteiger partial charge in [0, 0.05) is 25.9 Å². The van der Waals surface area contributed by atoms with Crippen LogP contribution in [-0.4, -0.2) is 69.4 Å². The summed E-state index contributed by atoms with van der Waals surface area (Å²) in [6.45, 7) is 6.30. The van der Waals surface area contributed by atoms with Gasteiger partial charge >= 0.3 is 5.97 Å². The molecule has 1 amide bonds. The Hall–Kier alpha value is -2.76. The number of amides is 1. The fraction of sp³-hybridized carbons (Fsp3) is 0.500. The monoisotopic (exact) mass is 542 g/mol. The van der Waals surface area contributed by atoms with Gasteiger partial charge in [-0.2, -0.15) is 0 Å². The zero-order chi connectivity index (χ0) is 26.1. The van der Waals surface area contributed by atoms with Gasteiger partial charge in [0.1, 0.15) is 15.8 Å². The number of aryl methyl sites for hydroxylation is 1. The second-order valence-electron chi connectivity index (χ2n) is 9.48. The van der Waals surface area contributed by atoms with Crippen molar-refractivity contribution in [3.63, 3.8) is 0 Å². The molecule has 5 rings (SSSR count). The molecule has 0 bridgehead atoms. The summed E-state index contributed by atoms with van der Waals surface area (Å²) in [5.74, 6) is -0.0473. The van der Waals surface area contributed by atoms with Crippen molar-refractivity contribution < 1.29 is 19.1 Å². The molecule has 3 aliphatic heterocycles. The Morgan fingerprint density at radius 2 is 2.08 bits per heavy atom. The van der Waals surface area contributed by atoms with Crippen molar-refractivity contribution in [2.24, 2.45) is 5.92 Å². The van der Waals surface area contributed by atoms with Crippen molar-refractivity contribution in [1.29, 1.82) is 0 Å². The highest BCUT2D eigenvalue weighted by molar-refractivity contribution is 8.26. The van der Waals surface area contributed by atoms with E-state index in [9.17, 15) is 14.4 Å². The molecule has 9 nitrogen and oxygen atoms in total. The topological polar surface area (TPSA) is 93.5 Å². The zero-order valence-corrected chi connectivity index (χ0v) is 22.6. The summed E-state index contributed by atoms with van der Waals surface area (Å²) in [7, 11) is 0. The van der Waals surface area contributed by atoms with E-state index in [1.807, 2.05) is 17.9 Å². The standard InChI is InChI=1S/C26H30N4O5S2/c1-3-34-25(33)17-8-11-28(12-9-17)22-19(23(31)29-10-4-6-16(2)21(29)27-22)14-20-24(32)30(26(36)37-20)15-18-7-5-13-35-18/h4,6,10,14,17-18H,3,5,7-9,11-13,15H2,1-2H3/b20-14-/t18-/m0/s1. The predicted molar refractivity (Wildman–Crippen MR) is 147 cm³/mol. The first kappa shape index (κ1) is 25.9. The summed E-state index contributed by atoms with van der Waals surface area (Å²) in [5, 5.41) is 0. The normalized spacial score (nSPS) is 22.0. The van der Waals surface area contributed by atoms with Crippen LogP contribution >= 0.6 is 24.0 Å². The first-order valence-corrected chi connectivity index (χ1v) is 13.9. The minimum atomic E-state index is -0.249. The molecule has 3 saturated heterocycles. The van der Waals surface area contributed by atoms with Gasteiger partial charge in [-0.05, 0) is 57.2 Å². The van der Waals surface area contributed by atoms with Gasteiger partial charge in [0.25, 0.3) is 11.5 Å². The number of rotatable bonds is 6. The molecule has 0 radical (unpaired) electrons. The second-order valence-corrected chi connectivity index (χ2v) is 11.2. The van der Waals surface area contributed by atoms with Crippen LogP contribution in [0.3, 0.4) is 0 Å². The van der Waals surface area contributed by atoms with Crippen molar-refractivity contribution >= 4 is 57.7 Å².